The number of carbonyl (C=O) groups excluding carboxylic acids is 1. The summed E-state index contributed by atoms with van der Waals surface area (Å²) >= 11 is 0. The van der Waals surface area contributed by atoms with Gasteiger partial charge in [0.25, 0.3) is 5.91 Å². The molecule has 1 unspecified atom stereocenters. The third-order valence-electron chi connectivity index (χ3n) is 4.28. The van der Waals surface area contributed by atoms with Crippen molar-refractivity contribution in [3.8, 4) is 11.4 Å². The summed E-state index contributed by atoms with van der Waals surface area (Å²) in [6.07, 6.45) is 2.17. The van der Waals surface area contributed by atoms with Gasteiger partial charge in [0.1, 0.15) is 0 Å². The number of sulfonamides is 1. The Morgan fingerprint density at radius 2 is 2.04 bits per heavy atom. The summed E-state index contributed by atoms with van der Waals surface area (Å²) in [5.41, 5.74) is 1.93. The van der Waals surface area contributed by atoms with Crippen LogP contribution in [0.2, 0.25) is 0 Å². The zero-order chi connectivity index (χ0) is 18.0. The number of nitrogens with zero attached hydrogens (tertiary/aromatic N) is 3. The molecule has 1 fully saturated rings. The van der Waals surface area contributed by atoms with E-state index < -0.39 is 10.0 Å². The van der Waals surface area contributed by atoms with Crippen LogP contribution in [0, 0.1) is 12.8 Å². The van der Waals surface area contributed by atoms with Crippen molar-refractivity contribution in [3.63, 3.8) is 0 Å². The van der Waals surface area contributed by atoms with Gasteiger partial charge in [0.05, 0.1) is 17.0 Å². The molecule has 25 heavy (non-hydrogen) atoms. The molecule has 7 nitrogen and oxygen atoms in total. The van der Waals surface area contributed by atoms with Crippen LogP contribution in [0.5, 0.6) is 0 Å². The number of hydrogen-bond acceptors (Lipinski definition) is 5. The summed E-state index contributed by atoms with van der Waals surface area (Å²) in [7, 11) is -3.53. The molecule has 1 amide bonds. The summed E-state index contributed by atoms with van der Waals surface area (Å²) in [5.74, 6) is 0.181. The predicted octanol–water partition coefficient (Wildman–Crippen LogP) is 1.20. The van der Waals surface area contributed by atoms with Crippen LogP contribution in [-0.4, -0.2) is 48.0 Å². The molecular formula is C17H20N4O3S. The highest BCUT2D eigenvalue weighted by Crippen LogP contribution is 2.21. The Morgan fingerprint density at radius 3 is 2.68 bits per heavy atom. The number of likely N-dealkylation sites (tertiary alicyclic amines) is 1. The number of nitrogens with two attached hydrogens (primary N) is 1. The molecule has 0 bridgehead atoms. The van der Waals surface area contributed by atoms with E-state index in [2.05, 4.69) is 9.97 Å². The van der Waals surface area contributed by atoms with Crippen LogP contribution in [0.25, 0.3) is 11.4 Å². The molecule has 1 aliphatic rings. The highest BCUT2D eigenvalue weighted by atomic mass is 32.2. The van der Waals surface area contributed by atoms with Crippen molar-refractivity contribution >= 4 is 15.9 Å². The van der Waals surface area contributed by atoms with E-state index in [0.29, 0.717) is 36.6 Å². The molecule has 0 saturated carbocycles. The number of primary sulfonamides is 1. The molecule has 2 heterocycles. The van der Waals surface area contributed by atoms with E-state index in [-0.39, 0.29) is 17.6 Å². The van der Waals surface area contributed by atoms with E-state index >= 15 is 0 Å². The molecule has 132 valence electrons. The van der Waals surface area contributed by atoms with E-state index in [1.54, 1.807) is 18.0 Å². The van der Waals surface area contributed by atoms with E-state index in [4.69, 9.17) is 5.14 Å². The summed E-state index contributed by atoms with van der Waals surface area (Å²) < 4.78 is 22.4. The third-order valence-corrected chi connectivity index (χ3v) is 5.22. The zero-order valence-corrected chi connectivity index (χ0v) is 14.7. The van der Waals surface area contributed by atoms with E-state index in [1.165, 1.54) is 0 Å². The average molecular weight is 360 g/mol. The standard InChI is InChI=1S/C17H20N4O3S/c1-12-15(9-19-16(20-12)14-5-3-2-4-6-14)17(22)21-8-7-13(10-21)11-25(18,23)24/h2-6,9,13H,7-8,10-11H2,1H3,(H2,18,23,24). The lowest BCUT2D eigenvalue weighted by Crippen LogP contribution is -2.31. The molecular weight excluding hydrogens is 340 g/mol. The zero-order valence-electron chi connectivity index (χ0n) is 13.9. The van der Waals surface area contributed by atoms with Gasteiger partial charge in [-0.2, -0.15) is 0 Å². The van der Waals surface area contributed by atoms with Gasteiger partial charge in [0.15, 0.2) is 5.82 Å². The van der Waals surface area contributed by atoms with Crippen molar-refractivity contribution in [2.24, 2.45) is 11.1 Å². The Morgan fingerprint density at radius 1 is 1.32 bits per heavy atom. The van der Waals surface area contributed by atoms with Gasteiger partial charge in [0, 0.05) is 24.8 Å². The lowest BCUT2D eigenvalue weighted by Gasteiger charge is -2.17. The van der Waals surface area contributed by atoms with Gasteiger partial charge in [-0.1, -0.05) is 30.3 Å². The summed E-state index contributed by atoms with van der Waals surface area (Å²) in [6.45, 7) is 2.67. The van der Waals surface area contributed by atoms with E-state index in [9.17, 15) is 13.2 Å². The SMILES string of the molecule is Cc1nc(-c2ccccc2)ncc1C(=O)N1CCC(CS(N)(=O)=O)C1. The smallest absolute Gasteiger partial charge is 0.257 e. The number of aryl methyl sites for hydroxylation is 1. The van der Waals surface area contributed by atoms with Crippen molar-refractivity contribution in [1.82, 2.24) is 14.9 Å². The normalized spacial score (nSPS) is 17.7. The maximum atomic E-state index is 12.7. The molecule has 0 aliphatic carbocycles. The number of hydrogen-bond donors (Lipinski definition) is 1. The average Bonchev–Trinajstić information content (AvgIpc) is 3.01. The quantitative estimate of drug-likeness (QED) is 0.882. The molecule has 1 aliphatic heterocycles. The second kappa shape index (κ2) is 6.89. The van der Waals surface area contributed by atoms with E-state index in [0.717, 1.165) is 5.56 Å². The summed E-state index contributed by atoms with van der Waals surface area (Å²) in [6, 6.07) is 9.55. The third kappa shape index (κ3) is 4.21. The second-order valence-electron chi connectivity index (χ2n) is 6.29. The van der Waals surface area contributed by atoms with Gasteiger partial charge in [-0.15, -0.1) is 0 Å². The van der Waals surface area contributed by atoms with Crippen LogP contribution in [0.3, 0.4) is 0 Å². The Balaban J connectivity index is 1.75. The maximum absolute atomic E-state index is 12.7. The first kappa shape index (κ1) is 17.5. The number of benzene rings is 1. The van der Waals surface area contributed by atoms with Gasteiger partial charge >= 0.3 is 0 Å². The minimum Gasteiger partial charge on any atom is -0.338 e. The van der Waals surface area contributed by atoms with Gasteiger partial charge < -0.3 is 4.90 Å². The van der Waals surface area contributed by atoms with Crippen LogP contribution in [0.15, 0.2) is 36.5 Å². The fourth-order valence-corrected chi connectivity index (χ4v) is 3.98. The van der Waals surface area contributed by atoms with Crippen molar-refractivity contribution in [1.29, 1.82) is 0 Å². The Hall–Kier alpha value is -2.32. The van der Waals surface area contributed by atoms with E-state index in [1.807, 2.05) is 30.3 Å². The monoisotopic (exact) mass is 360 g/mol. The lowest BCUT2D eigenvalue weighted by atomic mass is 10.1. The van der Waals surface area contributed by atoms with Crippen molar-refractivity contribution in [2.75, 3.05) is 18.8 Å². The molecule has 1 aromatic carbocycles. The van der Waals surface area contributed by atoms with Gasteiger partial charge in [-0.25, -0.2) is 23.5 Å². The molecule has 2 aromatic rings. The molecule has 8 heteroatoms. The summed E-state index contributed by atoms with van der Waals surface area (Å²) in [4.78, 5) is 23.1. The van der Waals surface area contributed by atoms with Crippen LogP contribution >= 0.6 is 0 Å². The van der Waals surface area contributed by atoms with Crippen LogP contribution in [0.4, 0.5) is 0 Å². The first-order chi connectivity index (χ1) is 11.8. The van der Waals surface area contributed by atoms with Crippen LogP contribution in [0.1, 0.15) is 22.5 Å². The topological polar surface area (TPSA) is 106 Å². The number of amides is 1. The highest BCUT2D eigenvalue weighted by molar-refractivity contribution is 7.89. The molecule has 2 N–H and O–H groups in total. The van der Waals surface area contributed by atoms with Crippen molar-refractivity contribution < 1.29 is 13.2 Å². The van der Waals surface area contributed by atoms with Gasteiger partial charge in [-0.3, -0.25) is 4.79 Å². The highest BCUT2D eigenvalue weighted by Gasteiger charge is 2.30. The predicted molar refractivity (Wildman–Crippen MR) is 94.2 cm³/mol. The molecule has 1 saturated heterocycles. The maximum Gasteiger partial charge on any atom is 0.257 e. The Labute approximate surface area is 146 Å². The Kier molecular flexibility index (Phi) is 4.82. The number of aromatic nitrogens is 2. The fourth-order valence-electron chi connectivity index (χ4n) is 3.06. The van der Waals surface area contributed by atoms with Gasteiger partial charge in [0.2, 0.25) is 10.0 Å². The fraction of sp³-hybridized carbons (Fsp3) is 0.353. The first-order valence-electron chi connectivity index (χ1n) is 8.02. The minimum atomic E-state index is -3.53. The van der Waals surface area contributed by atoms with Crippen molar-refractivity contribution in [3.05, 3.63) is 47.8 Å². The lowest BCUT2D eigenvalue weighted by molar-refractivity contribution is 0.0786. The second-order valence-corrected chi connectivity index (χ2v) is 7.95. The molecule has 0 radical (unpaired) electrons. The molecule has 1 aromatic heterocycles. The number of carbonyl (C=O) groups is 1. The Bertz CT molecular complexity index is 884. The largest absolute Gasteiger partial charge is 0.338 e. The molecule has 0 spiro atoms. The van der Waals surface area contributed by atoms with Gasteiger partial charge in [-0.05, 0) is 19.3 Å². The molecule has 3 rings (SSSR count). The first-order valence-corrected chi connectivity index (χ1v) is 9.74. The summed E-state index contributed by atoms with van der Waals surface area (Å²) in [5, 5.41) is 5.09. The van der Waals surface area contributed by atoms with Crippen LogP contribution in [-0.2, 0) is 10.0 Å². The molecule has 1 atom stereocenters. The number of rotatable bonds is 4. The van der Waals surface area contributed by atoms with Crippen LogP contribution < -0.4 is 5.14 Å². The van der Waals surface area contributed by atoms with Crippen molar-refractivity contribution in [2.45, 2.75) is 13.3 Å². The minimum absolute atomic E-state index is 0.0980.